The lowest BCUT2D eigenvalue weighted by Gasteiger charge is -2.09. The molecule has 0 bridgehead atoms. The molecule has 0 saturated carbocycles. The Balaban J connectivity index is 2.41. The highest BCUT2D eigenvalue weighted by atomic mass is 35.5. The van der Waals surface area contributed by atoms with Crippen molar-refractivity contribution in [3.63, 3.8) is 0 Å². The molecule has 0 aliphatic carbocycles. The summed E-state index contributed by atoms with van der Waals surface area (Å²) in [7, 11) is 0. The maximum Gasteiger partial charge on any atom is 0.417 e. The summed E-state index contributed by atoms with van der Waals surface area (Å²) in [5.41, 5.74) is -0.768. The first kappa shape index (κ1) is 18.7. The standard InChI is InChI=1S/C15H20ClF3N2O/c1-2-3-4-5-6-7-20-14(22)9-13-12(16)8-11(10-21-13)15(17,18)19/h8,10H,2-7,9H2,1H3,(H,20,22). The van der Waals surface area contributed by atoms with Crippen molar-refractivity contribution in [2.45, 2.75) is 51.6 Å². The maximum atomic E-state index is 12.5. The number of halogens is 4. The first-order chi connectivity index (χ1) is 10.3. The highest BCUT2D eigenvalue weighted by molar-refractivity contribution is 6.31. The average Bonchev–Trinajstić information content (AvgIpc) is 2.43. The zero-order chi connectivity index (χ0) is 16.6. The summed E-state index contributed by atoms with van der Waals surface area (Å²) >= 11 is 5.76. The molecule has 1 rings (SSSR count). The van der Waals surface area contributed by atoms with Crippen LogP contribution in [-0.2, 0) is 17.4 Å². The molecule has 1 N–H and O–H groups in total. The Labute approximate surface area is 133 Å². The third kappa shape index (κ3) is 6.64. The van der Waals surface area contributed by atoms with Gasteiger partial charge in [0, 0.05) is 12.7 Å². The van der Waals surface area contributed by atoms with E-state index in [0.29, 0.717) is 12.7 Å². The highest BCUT2D eigenvalue weighted by Gasteiger charge is 2.31. The van der Waals surface area contributed by atoms with Gasteiger partial charge in [0.25, 0.3) is 0 Å². The minimum absolute atomic E-state index is 0.119. The fraction of sp³-hybridized carbons (Fsp3) is 0.600. The molecule has 1 aromatic rings. The lowest BCUT2D eigenvalue weighted by molar-refractivity contribution is -0.137. The molecular weight excluding hydrogens is 317 g/mol. The number of unbranched alkanes of at least 4 members (excludes halogenated alkanes) is 4. The van der Waals surface area contributed by atoms with Crippen LogP contribution in [0, 0.1) is 0 Å². The molecule has 1 amide bonds. The Bertz CT molecular complexity index is 492. The molecule has 0 unspecified atom stereocenters. The number of alkyl halides is 3. The van der Waals surface area contributed by atoms with Gasteiger partial charge in [0.15, 0.2) is 0 Å². The Hall–Kier alpha value is -1.30. The molecule has 0 aromatic carbocycles. The van der Waals surface area contributed by atoms with Crippen molar-refractivity contribution in [2.24, 2.45) is 0 Å². The van der Waals surface area contributed by atoms with Crippen molar-refractivity contribution in [3.05, 3.63) is 28.5 Å². The molecule has 22 heavy (non-hydrogen) atoms. The highest BCUT2D eigenvalue weighted by Crippen LogP contribution is 2.31. The van der Waals surface area contributed by atoms with E-state index in [2.05, 4.69) is 17.2 Å². The normalized spacial score (nSPS) is 11.5. The molecule has 1 heterocycles. The van der Waals surface area contributed by atoms with E-state index >= 15 is 0 Å². The van der Waals surface area contributed by atoms with E-state index in [4.69, 9.17) is 11.6 Å². The molecule has 0 spiro atoms. The second kappa shape index (κ2) is 8.98. The number of amides is 1. The number of aromatic nitrogens is 1. The topological polar surface area (TPSA) is 42.0 Å². The molecule has 0 aliphatic heterocycles. The zero-order valence-corrected chi connectivity index (χ0v) is 13.2. The van der Waals surface area contributed by atoms with Crippen LogP contribution in [0.15, 0.2) is 12.3 Å². The van der Waals surface area contributed by atoms with Crippen LogP contribution < -0.4 is 5.32 Å². The molecule has 0 radical (unpaired) electrons. The van der Waals surface area contributed by atoms with Crippen molar-refractivity contribution in [1.29, 1.82) is 0 Å². The van der Waals surface area contributed by atoms with E-state index in [0.717, 1.165) is 31.7 Å². The number of nitrogens with one attached hydrogen (secondary N) is 1. The first-order valence-electron chi connectivity index (χ1n) is 7.33. The van der Waals surface area contributed by atoms with E-state index in [9.17, 15) is 18.0 Å². The lowest BCUT2D eigenvalue weighted by Crippen LogP contribution is -2.26. The average molecular weight is 337 g/mol. The molecular formula is C15H20ClF3N2O. The number of carbonyl (C=O) groups excluding carboxylic acids is 1. The van der Waals surface area contributed by atoms with Crippen LogP contribution in [-0.4, -0.2) is 17.4 Å². The predicted octanol–water partition coefficient (Wildman–Crippen LogP) is 4.38. The largest absolute Gasteiger partial charge is 0.417 e. The van der Waals surface area contributed by atoms with Gasteiger partial charge >= 0.3 is 6.18 Å². The number of carbonyl (C=O) groups is 1. The van der Waals surface area contributed by atoms with Crippen LogP contribution in [0.25, 0.3) is 0 Å². The van der Waals surface area contributed by atoms with Crippen molar-refractivity contribution in [2.75, 3.05) is 6.54 Å². The van der Waals surface area contributed by atoms with E-state index in [1.165, 1.54) is 6.42 Å². The Kier molecular flexibility index (Phi) is 7.65. The number of hydrogen-bond donors (Lipinski definition) is 1. The molecule has 0 atom stereocenters. The van der Waals surface area contributed by atoms with Crippen molar-refractivity contribution in [1.82, 2.24) is 10.3 Å². The Morgan fingerprint density at radius 1 is 1.27 bits per heavy atom. The quantitative estimate of drug-likeness (QED) is 0.716. The van der Waals surface area contributed by atoms with Crippen molar-refractivity contribution >= 4 is 17.5 Å². The summed E-state index contributed by atoms with van der Waals surface area (Å²) < 4.78 is 37.4. The smallest absolute Gasteiger partial charge is 0.356 e. The number of pyridine rings is 1. The number of rotatable bonds is 8. The molecule has 1 aromatic heterocycles. The Morgan fingerprint density at radius 3 is 2.55 bits per heavy atom. The summed E-state index contributed by atoms with van der Waals surface area (Å²) in [4.78, 5) is 15.3. The van der Waals surface area contributed by atoms with Crippen molar-refractivity contribution < 1.29 is 18.0 Å². The van der Waals surface area contributed by atoms with E-state index < -0.39 is 11.7 Å². The van der Waals surface area contributed by atoms with Gasteiger partial charge in [-0.05, 0) is 12.5 Å². The minimum Gasteiger partial charge on any atom is -0.356 e. The van der Waals surface area contributed by atoms with Gasteiger partial charge in [-0.3, -0.25) is 9.78 Å². The lowest BCUT2D eigenvalue weighted by atomic mass is 10.1. The second-order valence-corrected chi connectivity index (χ2v) is 5.50. The van der Waals surface area contributed by atoms with E-state index in [1.54, 1.807) is 0 Å². The van der Waals surface area contributed by atoms with Gasteiger partial charge in [-0.1, -0.05) is 44.2 Å². The summed E-state index contributed by atoms with van der Waals surface area (Å²) in [6, 6.07) is 0.794. The summed E-state index contributed by atoms with van der Waals surface area (Å²) in [5.74, 6) is -0.287. The van der Waals surface area contributed by atoms with Gasteiger partial charge in [-0.2, -0.15) is 13.2 Å². The van der Waals surface area contributed by atoms with E-state index in [1.807, 2.05) is 0 Å². The van der Waals surface area contributed by atoms with Crippen LogP contribution >= 0.6 is 11.6 Å². The molecule has 3 nitrogen and oxygen atoms in total. The SMILES string of the molecule is CCCCCCCNC(=O)Cc1ncc(C(F)(F)F)cc1Cl. The third-order valence-corrected chi connectivity index (χ3v) is 3.50. The fourth-order valence-electron chi connectivity index (χ4n) is 1.92. The van der Waals surface area contributed by atoms with Crippen LogP contribution in [0.1, 0.15) is 50.3 Å². The maximum absolute atomic E-state index is 12.5. The van der Waals surface area contributed by atoms with Crippen LogP contribution in [0.4, 0.5) is 13.2 Å². The predicted molar refractivity (Wildman–Crippen MR) is 79.7 cm³/mol. The first-order valence-corrected chi connectivity index (χ1v) is 7.70. The summed E-state index contributed by atoms with van der Waals surface area (Å²) in [5, 5.41) is 2.57. The molecule has 124 valence electrons. The Morgan fingerprint density at radius 2 is 1.95 bits per heavy atom. The number of hydrogen-bond acceptors (Lipinski definition) is 2. The fourth-order valence-corrected chi connectivity index (χ4v) is 2.16. The van der Waals surface area contributed by atoms with E-state index in [-0.39, 0.29) is 23.0 Å². The van der Waals surface area contributed by atoms with Crippen molar-refractivity contribution in [3.8, 4) is 0 Å². The number of nitrogens with zero attached hydrogens (tertiary/aromatic N) is 1. The summed E-state index contributed by atoms with van der Waals surface area (Å²) in [6.45, 7) is 2.68. The second-order valence-electron chi connectivity index (χ2n) is 5.09. The molecule has 0 aliphatic rings. The molecule has 7 heteroatoms. The van der Waals surface area contributed by atoms with Gasteiger partial charge in [-0.15, -0.1) is 0 Å². The monoisotopic (exact) mass is 336 g/mol. The van der Waals surface area contributed by atoms with Crippen LogP contribution in [0.2, 0.25) is 5.02 Å². The minimum atomic E-state index is -4.49. The van der Waals surface area contributed by atoms with Gasteiger partial charge in [-0.25, -0.2) is 0 Å². The van der Waals surface area contributed by atoms with Gasteiger partial charge in [0.1, 0.15) is 0 Å². The zero-order valence-electron chi connectivity index (χ0n) is 12.5. The third-order valence-electron chi connectivity index (χ3n) is 3.18. The van der Waals surface area contributed by atoms with Gasteiger partial charge < -0.3 is 5.32 Å². The van der Waals surface area contributed by atoms with Crippen LogP contribution in [0.3, 0.4) is 0 Å². The van der Waals surface area contributed by atoms with Gasteiger partial charge in [0.2, 0.25) is 5.91 Å². The molecule has 0 fully saturated rings. The molecule has 0 saturated heterocycles. The van der Waals surface area contributed by atoms with Gasteiger partial charge in [0.05, 0.1) is 22.7 Å². The van der Waals surface area contributed by atoms with Crippen LogP contribution in [0.5, 0.6) is 0 Å². The summed E-state index contributed by atoms with van der Waals surface area (Å²) in [6.07, 6.45) is 1.50.